The average Bonchev–Trinajstić information content (AvgIpc) is 3.08. The number of carbonyl (C=O) groups is 2. The van der Waals surface area contributed by atoms with Crippen LogP contribution in [0.2, 0.25) is 0 Å². The largest absolute Gasteiger partial charge is 0.347 e. The van der Waals surface area contributed by atoms with Crippen LogP contribution < -0.4 is 10.6 Å². The Kier molecular flexibility index (Phi) is 5.62. The van der Waals surface area contributed by atoms with Gasteiger partial charge in [-0.05, 0) is 30.3 Å². The van der Waals surface area contributed by atoms with Crippen LogP contribution in [0.25, 0.3) is 10.2 Å². The molecular formula is C20H17N3O2S. The molecule has 2 aromatic carbocycles. The van der Waals surface area contributed by atoms with Crippen molar-refractivity contribution in [3.63, 3.8) is 0 Å². The third-order valence-corrected chi connectivity index (χ3v) is 4.76. The van der Waals surface area contributed by atoms with Crippen LogP contribution in [0.5, 0.6) is 0 Å². The molecule has 6 heteroatoms. The van der Waals surface area contributed by atoms with E-state index in [0.717, 1.165) is 15.2 Å². The molecule has 3 rings (SSSR count). The van der Waals surface area contributed by atoms with E-state index in [0.29, 0.717) is 24.1 Å². The minimum Gasteiger partial charge on any atom is -0.347 e. The van der Waals surface area contributed by atoms with E-state index in [-0.39, 0.29) is 18.4 Å². The lowest BCUT2D eigenvalue weighted by Gasteiger charge is -2.07. The topological polar surface area (TPSA) is 71.1 Å². The number of nitrogens with zero attached hydrogens (tertiary/aromatic N) is 1. The molecule has 0 bridgehead atoms. The zero-order valence-corrected chi connectivity index (χ0v) is 14.8. The summed E-state index contributed by atoms with van der Waals surface area (Å²) < 4.78 is 1.11. The van der Waals surface area contributed by atoms with Crippen molar-refractivity contribution >= 4 is 39.1 Å². The average molecular weight is 363 g/mol. The van der Waals surface area contributed by atoms with Gasteiger partial charge in [0.25, 0.3) is 0 Å². The Bertz CT molecular complexity index is 955. The zero-order chi connectivity index (χ0) is 18.4. The molecule has 0 atom stereocenters. The number of benzene rings is 2. The van der Waals surface area contributed by atoms with Crippen molar-refractivity contribution in [1.29, 1.82) is 0 Å². The number of nitrogens with one attached hydrogen (secondary N) is 2. The number of amides is 2. The van der Waals surface area contributed by atoms with Gasteiger partial charge in [-0.15, -0.1) is 17.8 Å². The Labute approximate surface area is 155 Å². The second kappa shape index (κ2) is 8.28. The Hall–Kier alpha value is -3.17. The van der Waals surface area contributed by atoms with Crippen LogP contribution in [0.3, 0.4) is 0 Å². The van der Waals surface area contributed by atoms with Crippen molar-refractivity contribution in [2.45, 2.75) is 12.8 Å². The first kappa shape index (κ1) is 17.6. The SMILES string of the molecule is C#Cc1cccc(NC(=O)CNC(=O)CCc2nc3ccccc3s2)c1. The molecule has 1 aromatic heterocycles. The molecule has 0 spiro atoms. The van der Waals surface area contributed by atoms with Gasteiger partial charge in [0.2, 0.25) is 11.8 Å². The van der Waals surface area contributed by atoms with Crippen LogP contribution >= 0.6 is 11.3 Å². The standard InChI is InChI=1S/C20H17N3O2S/c1-2-14-6-5-7-15(12-14)22-19(25)13-21-18(24)10-11-20-23-16-8-3-4-9-17(16)26-20/h1,3-9,12H,10-11,13H2,(H,21,24)(H,22,25). The number of para-hydroxylation sites is 1. The molecule has 1 heterocycles. The minimum atomic E-state index is -0.299. The first-order chi connectivity index (χ1) is 12.6. The summed E-state index contributed by atoms with van der Waals surface area (Å²) in [5, 5.41) is 6.24. The van der Waals surface area contributed by atoms with Gasteiger partial charge in [0.15, 0.2) is 0 Å². The van der Waals surface area contributed by atoms with E-state index in [1.54, 1.807) is 35.6 Å². The van der Waals surface area contributed by atoms with Crippen LogP contribution in [0.15, 0.2) is 48.5 Å². The Morgan fingerprint density at radius 3 is 2.77 bits per heavy atom. The molecule has 3 aromatic rings. The van der Waals surface area contributed by atoms with E-state index in [9.17, 15) is 9.59 Å². The van der Waals surface area contributed by atoms with Crippen LogP contribution in [0.4, 0.5) is 5.69 Å². The lowest BCUT2D eigenvalue weighted by atomic mass is 10.2. The predicted octanol–water partition coefficient (Wildman–Crippen LogP) is 2.97. The van der Waals surface area contributed by atoms with Crippen molar-refractivity contribution in [3.8, 4) is 12.3 Å². The number of aromatic nitrogens is 1. The van der Waals surface area contributed by atoms with Gasteiger partial charge in [-0.1, -0.05) is 24.1 Å². The molecule has 0 fully saturated rings. The predicted molar refractivity (Wildman–Crippen MR) is 104 cm³/mol. The maximum atomic E-state index is 11.9. The fraction of sp³-hybridized carbons (Fsp3) is 0.150. The highest BCUT2D eigenvalue weighted by molar-refractivity contribution is 7.18. The fourth-order valence-corrected chi connectivity index (χ4v) is 3.37. The van der Waals surface area contributed by atoms with E-state index in [4.69, 9.17) is 6.42 Å². The van der Waals surface area contributed by atoms with Gasteiger partial charge in [-0.3, -0.25) is 9.59 Å². The summed E-state index contributed by atoms with van der Waals surface area (Å²) in [6, 6.07) is 14.9. The van der Waals surface area contributed by atoms with Gasteiger partial charge < -0.3 is 10.6 Å². The second-order valence-corrected chi connectivity index (χ2v) is 6.74. The van der Waals surface area contributed by atoms with Crippen molar-refractivity contribution in [2.24, 2.45) is 0 Å². The van der Waals surface area contributed by atoms with Crippen molar-refractivity contribution in [2.75, 3.05) is 11.9 Å². The van der Waals surface area contributed by atoms with E-state index in [1.807, 2.05) is 24.3 Å². The number of anilines is 1. The lowest BCUT2D eigenvalue weighted by molar-refractivity contribution is -0.124. The molecule has 0 aliphatic rings. The molecule has 0 radical (unpaired) electrons. The number of carbonyl (C=O) groups excluding carboxylic acids is 2. The summed E-state index contributed by atoms with van der Waals surface area (Å²) in [6.45, 7) is -0.0844. The Morgan fingerprint density at radius 1 is 1.12 bits per heavy atom. The summed E-state index contributed by atoms with van der Waals surface area (Å²) in [7, 11) is 0. The second-order valence-electron chi connectivity index (χ2n) is 5.63. The third kappa shape index (κ3) is 4.68. The van der Waals surface area contributed by atoms with Gasteiger partial charge in [0, 0.05) is 24.1 Å². The fourth-order valence-electron chi connectivity index (χ4n) is 2.41. The molecule has 0 aliphatic heterocycles. The van der Waals surface area contributed by atoms with Crippen molar-refractivity contribution in [1.82, 2.24) is 10.3 Å². The summed E-state index contributed by atoms with van der Waals surface area (Å²) in [6.07, 6.45) is 6.17. The third-order valence-electron chi connectivity index (χ3n) is 3.66. The van der Waals surface area contributed by atoms with Gasteiger partial charge in [-0.2, -0.15) is 0 Å². The number of thiazole rings is 1. The quantitative estimate of drug-likeness (QED) is 0.662. The first-order valence-corrected chi connectivity index (χ1v) is 8.93. The zero-order valence-electron chi connectivity index (χ0n) is 14.0. The molecule has 2 N–H and O–H groups in total. The molecule has 0 unspecified atom stereocenters. The monoisotopic (exact) mass is 363 g/mol. The lowest BCUT2D eigenvalue weighted by Crippen LogP contribution is -2.32. The molecular weight excluding hydrogens is 346 g/mol. The molecule has 26 heavy (non-hydrogen) atoms. The highest BCUT2D eigenvalue weighted by Gasteiger charge is 2.09. The molecule has 2 amide bonds. The van der Waals surface area contributed by atoms with E-state index in [2.05, 4.69) is 21.5 Å². The first-order valence-electron chi connectivity index (χ1n) is 8.12. The number of hydrogen-bond acceptors (Lipinski definition) is 4. The van der Waals surface area contributed by atoms with Gasteiger partial charge in [0.05, 0.1) is 21.8 Å². The summed E-state index contributed by atoms with van der Waals surface area (Å²) in [4.78, 5) is 28.4. The molecule has 130 valence electrons. The Balaban J connectivity index is 1.44. The maximum absolute atomic E-state index is 11.9. The van der Waals surface area contributed by atoms with Crippen LogP contribution in [-0.2, 0) is 16.0 Å². The number of rotatable bonds is 6. The highest BCUT2D eigenvalue weighted by atomic mass is 32.1. The van der Waals surface area contributed by atoms with Crippen LogP contribution in [0.1, 0.15) is 17.0 Å². The van der Waals surface area contributed by atoms with Crippen molar-refractivity contribution < 1.29 is 9.59 Å². The number of fused-ring (bicyclic) bond motifs is 1. The maximum Gasteiger partial charge on any atom is 0.243 e. The van der Waals surface area contributed by atoms with E-state index in [1.165, 1.54) is 0 Å². The Morgan fingerprint density at radius 2 is 1.96 bits per heavy atom. The smallest absolute Gasteiger partial charge is 0.243 e. The summed E-state index contributed by atoms with van der Waals surface area (Å²) in [5.74, 6) is 2.02. The molecule has 0 saturated carbocycles. The number of hydrogen-bond donors (Lipinski definition) is 2. The molecule has 0 saturated heterocycles. The van der Waals surface area contributed by atoms with Crippen LogP contribution in [0, 0.1) is 12.3 Å². The molecule has 0 aliphatic carbocycles. The van der Waals surface area contributed by atoms with Gasteiger partial charge in [-0.25, -0.2) is 4.98 Å². The van der Waals surface area contributed by atoms with E-state index >= 15 is 0 Å². The number of aryl methyl sites for hydroxylation is 1. The highest BCUT2D eigenvalue weighted by Crippen LogP contribution is 2.22. The van der Waals surface area contributed by atoms with Gasteiger partial charge >= 0.3 is 0 Å². The van der Waals surface area contributed by atoms with Crippen molar-refractivity contribution in [3.05, 3.63) is 59.1 Å². The number of terminal acetylenes is 1. The summed E-state index contributed by atoms with van der Waals surface area (Å²) >= 11 is 1.58. The molecule has 5 nitrogen and oxygen atoms in total. The van der Waals surface area contributed by atoms with Gasteiger partial charge in [0.1, 0.15) is 0 Å². The van der Waals surface area contributed by atoms with Crippen LogP contribution in [-0.4, -0.2) is 23.3 Å². The normalized spacial score (nSPS) is 10.3. The summed E-state index contributed by atoms with van der Waals surface area (Å²) in [5.41, 5.74) is 2.23. The van der Waals surface area contributed by atoms with E-state index < -0.39 is 0 Å². The minimum absolute atomic E-state index is 0.0844.